The first-order valence-electron chi connectivity index (χ1n) is 10.1. The van der Waals surface area contributed by atoms with Crippen LogP contribution in [0.25, 0.3) is 16.9 Å². The molecule has 2 aromatic heterocycles. The molecule has 1 unspecified atom stereocenters. The second-order valence-electron chi connectivity index (χ2n) is 7.77. The van der Waals surface area contributed by atoms with Crippen molar-refractivity contribution >= 4 is 11.3 Å². The maximum absolute atomic E-state index is 6.09. The average Bonchev–Trinajstić information content (AvgIpc) is 3.07. The highest BCUT2D eigenvalue weighted by molar-refractivity contribution is 5.70. The lowest BCUT2D eigenvalue weighted by Crippen LogP contribution is -2.37. The van der Waals surface area contributed by atoms with Crippen LogP contribution in [0.1, 0.15) is 31.9 Å². The molecule has 0 amide bonds. The van der Waals surface area contributed by atoms with Gasteiger partial charge in [0, 0.05) is 30.0 Å². The van der Waals surface area contributed by atoms with Crippen molar-refractivity contribution in [3.8, 4) is 22.8 Å². The lowest BCUT2D eigenvalue weighted by atomic mass is 10.0. The van der Waals surface area contributed by atoms with Gasteiger partial charge in [-0.15, -0.1) is 0 Å². The smallest absolute Gasteiger partial charge is 0.162 e. The average molecular weight is 378 g/mol. The molecule has 0 spiro atoms. The van der Waals surface area contributed by atoms with Gasteiger partial charge in [0.2, 0.25) is 0 Å². The summed E-state index contributed by atoms with van der Waals surface area (Å²) >= 11 is 0. The molecule has 5 rings (SSSR count). The first kappa shape index (κ1) is 17.4. The number of fused-ring (bicyclic) bond motifs is 2. The van der Waals surface area contributed by atoms with Gasteiger partial charge in [-0.25, -0.2) is 4.98 Å². The van der Waals surface area contributed by atoms with E-state index in [-0.39, 0.29) is 0 Å². The Labute approximate surface area is 164 Å². The third-order valence-electron chi connectivity index (χ3n) is 5.85. The SMILES string of the molecule is CC1CCCCN1Cc1c(-c2ccc3c(c2)OCCO3)nc2ccc(N)cn12. The largest absolute Gasteiger partial charge is 0.486 e. The molecule has 0 bridgehead atoms. The number of hydrogen-bond acceptors (Lipinski definition) is 5. The van der Waals surface area contributed by atoms with E-state index in [1.54, 1.807) is 0 Å². The molecule has 2 aliphatic rings. The third-order valence-corrected chi connectivity index (χ3v) is 5.85. The Balaban J connectivity index is 1.61. The number of rotatable bonds is 3. The van der Waals surface area contributed by atoms with Gasteiger partial charge in [0.05, 0.1) is 11.4 Å². The molecular weight excluding hydrogens is 352 g/mol. The van der Waals surface area contributed by atoms with E-state index in [1.807, 2.05) is 30.5 Å². The van der Waals surface area contributed by atoms with Gasteiger partial charge in [-0.1, -0.05) is 6.42 Å². The van der Waals surface area contributed by atoms with Crippen molar-refractivity contribution in [2.75, 3.05) is 25.5 Å². The molecule has 1 saturated heterocycles. The highest BCUT2D eigenvalue weighted by Gasteiger charge is 2.23. The van der Waals surface area contributed by atoms with Crippen LogP contribution in [0.3, 0.4) is 0 Å². The van der Waals surface area contributed by atoms with Crippen LogP contribution >= 0.6 is 0 Å². The molecule has 0 radical (unpaired) electrons. The van der Waals surface area contributed by atoms with Gasteiger partial charge in [-0.3, -0.25) is 4.90 Å². The van der Waals surface area contributed by atoms with Gasteiger partial charge in [0.1, 0.15) is 18.9 Å². The van der Waals surface area contributed by atoms with Crippen LogP contribution < -0.4 is 15.2 Å². The molecule has 0 saturated carbocycles. The minimum atomic E-state index is 0.577. The number of ether oxygens (including phenoxy) is 2. The molecule has 2 aliphatic heterocycles. The molecule has 6 heteroatoms. The fraction of sp³-hybridized carbons (Fsp3) is 0.409. The fourth-order valence-electron chi connectivity index (χ4n) is 4.27. The van der Waals surface area contributed by atoms with E-state index in [0.717, 1.165) is 47.2 Å². The van der Waals surface area contributed by atoms with Crippen LogP contribution in [0.5, 0.6) is 11.5 Å². The molecule has 146 valence electrons. The van der Waals surface area contributed by atoms with E-state index in [1.165, 1.54) is 25.0 Å². The Kier molecular flexibility index (Phi) is 4.36. The van der Waals surface area contributed by atoms with Crippen molar-refractivity contribution in [3.63, 3.8) is 0 Å². The van der Waals surface area contributed by atoms with Crippen molar-refractivity contribution in [1.82, 2.24) is 14.3 Å². The summed E-state index contributed by atoms with van der Waals surface area (Å²) in [6.07, 6.45) is 5.79. The third kappa shape index (κ3) is 3.07. The molecule has 3 aromatic rings. The second-order valence-corrected chi connectivity index (χ2v) is 7.77. The van der Waals surface area contributed by atoms with Crippen molar-refractivity contribution in [3.05, 3.63) is 42.2 Å². The number of likely N-dealkylation sites (tertiary alicyclic amines) is 1. The number of hydrogen-bond donors (Lipinski definition) is 1. The lowest BCUT2D eigenvalue weighted by molar-refractivity contribution is 0.151. The number of nitrogens with zero attached hydrogens (tertiary/aromatic N) is 3. The van der Waals surface area contributed by atoms with Gasteiger partial charge in [-0.2, -0.15) is 0 Å². The maximum atomic E-state index is 6.09. The summed E-state index contributed by atoms with van der Waals surface area (Å²) < 4.78 is 13.6. The number of nitrogen functional groups attached to an aromatic ring is 1. The number of benzene rings is 1. The summed E-state index contributed by atoms with van der Waals surface area (Å²) in [6, 6.07) is 10.6. The predicted molar refractivity (Wildman–Crippen MR) is 110 cm³/mol. The predicted octanol–water partition coefficient (Wildman–Crippen LogP) is 3.73. The van der Waals surface area contributed by atoms with Gasteiger partial charge in [-0.05, 0) is 56.6 Å². The number of anilines is 1. The quantitative estimate of drug-likeness (QED) is 0.752. The second kappa shape index (κ2) is 7.02. The Bertz CT molecular complexity index is 1010. The van der Waals surface area contributed by atoms with E-state index in [0.29, 0.717) is 19.3 Å². The van der Waals surface area contributed by atoms with Crippen LogP contribution in [0.4, 0.5) is 5.69 Å². The van der Waals surface area contributed by atoms with Crippen LogP contribution in [-0.4, -0.2) is 40.1 Å². The number of piperidine rings is 1. The molecule has 6 nitrogen and oxygen atoms in total. The molecule has 0 aliphatic carbocycles. The summed E-state index contributed by atoms with van der Waals surface area (Å²) in [5.41, 5.74) is 11.0. The van der Waals surface area contributed by atoms with Crippen LogP contribution in [-0.2, 0) is 6.54 Å². The summed E-state index contributed by atoms with van der Waals surface area (Å²) in [6.45, 7) is 5.47. The van der Waals surface area contributed by atoms with E-state index in [9.17, 15) is 0 Å². The van der Waals surface area contributed by atoms with Crippen molar-refractivity contribution in [2.24, 2.45) is 0 Å². The molecule has 4 heterocycles. The first-order valence-corrected chi connectivity index (χ1v) is 10.1. The molecule has 2 N–H and O–H groups in total. The maximum Gasteiger partial charge on any atom is 0.162 e. The summed E-state index contributed by atoms with van der Waals surface area (Å²) in [4.78, 5) is 7.50. The summed E-state index contributed by atoms with van der Waals surface area (Å²) in [5, 5.41) is 0. The fourth-order valence-corrected chi connectivity index (χ4v) is 4.27. The monoisotopic (exact) mass is 378 g/mol. The first-order chi connectivity index (χ1) is 13.7. The summed E-state index contributed by atoms with van der Waals surface area (Å²) in [7, 11) is 0. The van der Waals surface area contributed by atoms with Gasteiger partial charge < -0.3 is 19.6 Å². The molecule has 1 atom stereocenters. The molecule has 1 aromatic carbocycles. The molecular formula is C22H26N4O2. The Morgan fingerprint density at radius 3 is 2.82 bits per heavy atom. The minimum absolute atomic E-state index is 0.577. The van der Waals surface area contributed by atoms with Crippen molar-refractivity contribution in [2.45, 2.75) is 38.8 Å². The van der Waals surface area contributed by atoms with Crippen LogP contribution in [0.15, 0.2) is 36.5 Å². The normalized spacial score (nSPS) is 19.8. The number of imidazole rings is 1. The Hall–Kier alpha value is -2.73. The van der Waals surface area contributed by atoms with Gasteiger partial charge in [0.15, 0.2) is 11.5 Å². The molecule has 28 heavy (non-hydrogen) atoms. The van der Waals surface area contributed by atoms with Crippen molar-refractivity contribution < 1.29 is 9.47 Å². The Morgan fingerprint density at radius 2 is 1.96 bits per heavy atom. The Morgan fingerprint density at radius 1 is 1.11 bits per heavy atom. The topological polar surface area (TPSA) is 65.0 Å². The number of aromatic nitrogens is 2. The zero-order valence-corrected chi connectivity index (χ0v) is 16.2. The highest BCUT2D eigenvalue weighted by atomic mass is 16.6. The standard InChI is InChI=1S/C22H26N4O2/c1-15-4-2-3-9-25(15)14-18-22(24-21-8-6-17(23)13-26(18)21)16-5-7-19-20(12-16)28-11-10-27-19/h5-8,12-13,15H,2-4,9-11,14,23H2,1H3. The van der Waals surface area contributed by atoms with Gasteiger partial charge in [0.25, 0.3) is 0 Å². The van der Waals surface area contributed by atoms with Gasteiger partial charge >= 0.3 is 0 Å². The van der Waals surface area contributed by atoms with E-state index < -0.39 is 0 Å². The van der Waals surface area contributed by atoms with Crippen LogP contribution in [0, 0.1) is 0 Å². The number of nitrogens with two attached hydrogens (primary N) is 1. The minimum Gasteiger partial charge on any atom is -0.486 e. The molecule has 1 fully saturated rings. The lowest BCUT2D eigenvalue weighted by Gasteiger charge is -2.33. The number of pyridine rings is 1. The zero-order chi connectivity index (χ0) is 19.1. The summed E-state index contributed by atoms with van der Waals surface area (Å²) in [5.74, 6) is 1.59. The zero-order valence-electron chi connectivity index (χ0n) is 16.2. The van der Waals surface area contributed by atoms with Crippen LogP contribution in [0.2, 0.25) is 0 Å². The van der Waals surface area contributed by atoms with Crippen molar-refractivity contribution in [1.29, 1.82) is 0 Å². The van der Waals surface area contributed by atoms with E-state index in [2.05, 4.69) is 22.3 Å². The van der Waals surface area contributed by atoms with E-state index in [4.69, 9.17) is 20.2 Å². The van der Waals surface area contributed by atoms with E-state index >= 15 is 0 Å². The highest BCUT2D eigenvalue weighted by Crippen LogP contribution is 2.36.